The van der Waals surface area contributed by atoms with Crippen molar-refractivity contribution >= 4 is 29.3 Å². The SMILES string of the molecule is COC(=O)c1ccc2c(c1)N(C(=O)N1[C@@H]3CC[C@H]1CC(OCc1c(-c4ccccc4Cl)noc1C1CC1)C3)CC2. The van der Waals surface area contributed by atoms with Crippen molar-refractivity contribution in [3.05, 3.63) is 69.9 Å². The van der Waals surface area contributed by atoms with Crippen LogP contribution in [-0.4, -0.2) is 53.9 Å². The maximum absolute atomic E-state index is 13.8. The quantitative estimate of drug-likeness (QED) is 0.326. The van der Waals surface area contributed by atoms with E-state index >= 15 is 0 Å². The van der Waals surface area contributed by atoms with Gasteiger partial charge in [0, 0.05) is 41.4 Å². The Bertz CT molecular complexity index is 1450. The molecule has 0 radical (unpaired) electrons. The molecular weight excluding hydrogens is 530 g/mol. The zero-order valence-electron chi connectivity index (χ0n) is 22.5. The first kappa shape index (κ1) is 25.6. The molecule has 1 aromatic heterocycles. The molecule has 7 rings (SSSR count). The van der Waals surface area contributed by atoms with Crippen LogP contribution in [0.4, 0.5) is 10.5 Å². The lowest BCUT2D eigenvalue weighted by Gasteiger charge is -2.40. The monoisotopic (exact) mass is 561 g/mol. The lowest BCUT2D eigenvalue weighted by molar-refractivity contribution is -0.0164. The van der Waals surface area contributed by atoms with Crippen molar-refractivity contribution in [2.45, 2.75) is 75.7 Å². The van der Waals surface area contributed by atoms with Gasteiger partial charge in [-0.2, -0.15) is 0 Å². The van der Waals surface area contributed by atoms with Gasteiger partial charge in [0.2, 0.25) is 0 Å². The summed E-state index contributed by atoms with van der Waals surface area (Å²) >= 11 is 6.51. The smallest absolute Gasteiger partial charge is 0.337 e. The Morgan fingerprint density at radius 1 is 1.07 bits per heavy atom. The summed E-state index contributed by atoms with van der Waals surface area (Å²) in [5, 5.41) is 5.05. The normalized spacial score (nSPS) is 23.4. The number of benzene rings is 2. The molecule has 1 saturated carbocycles. The summed E-state index contributed by atoms with van der Waals surface area (Å²) in [6.45, 7) is 1.04. The van der Waals surface area contributed by atoms with Crippen LogP contribution in [0.3, 0.4) is 0 Å². The van der Waals surface area contributed by atoms with E-state index in [-0.39, 0.29) is 24.2 Å². The number of esters is 1. The molecule has 0 N–H and O–H groups in total. The van der Waals surface area contributed by atoms with E-state index in [0.717, 1.165) is 78.8 Å². The summed E-state index contributed by atoms with van der Waals surface area (Å²) in [5.41, 5.74) is 4.99. The number of carbonyl (C=O) groups excluding carboxylic acids is 2. The highest BCUT2D eigenvalue weighted by molar-refractivity contribution is 6.33. The van der Waals surface area contributed by atoms with Crippen molar-refractivity contribution in [2.24, 2.45) is 0 Å². The second-order valence-electron chi connectivity index (χ2n) is 11.3. The first-order valence-electron chi connectivity index (χ1n) is 14.2. The maximum Gasteiger partial charge on any atom is 0.337 e. The van der Waals surface area contributed by atoms with Crippen LogP contribution in [0.25, 0.3) is 11.3 Å². The molecule has 3 fully saturated rings. The summed E-state index contributed by atoms with van der Waals surface area (Å²) in [6, 6.07) is 13.5. The van der Waals surface area contributed by atoms with E-state index in [1.807, 2.05) is 35.2 Å². The molecule has 1 aliphatic carbocycles. The maximum atomic E-state index is 13.8. The number of fused-ring (bicyclic) bond motifs is 3. The summed E-state index contributed by atoms with van der Waals surface area (Å²) in [7, 11) is 1.37. The Hall–Kier alpha value is -3.36. The van der Waals surface area contributed by atoms with E-state index in [0.29, 0.717) is 29.7 Å². The fourth-order valence-corrected chi connectivity index (χ4v) is 6.96. The van der Waals surface area contributed by atoms with Gasteiger partial charge in [0.1, 0.15) is 11.5 Å². The first-order valence-corrected chi connectivity index (χ1v) is 14.6. The van der Waals surface area contributed by atoms with Crippen molar-refractivity contribution in [2.75, 3.05) is 18.6 Å². The number of ether oxygens (including phenoxy) is 2. The van der Waals surface area contributed by atoms with Gasteiger partial charge in [-0.05, 0) is 68.7 Å². The molecule has 8 nitrogen and oxygen atoms in total. The van der Waals surface area contributed by atoms with E-state index in [1.165, 1.54) is 7.11 Å². The number of aromatic nitrogens is 1. The molecular formula is C31H32ClN3O5. The minimum atomic E-state index is -0.393. The number of nitrogens with zero attached hydrogens (tertiary/aromatic N) is 3. The van der Waals surface area contributed by atoms with Crippen molar-refractivity contribution < 1.29 is 23.6 Å². The van der Waals surface area contributed by atoms with Gasteiger partial charge in [0.25, 0.3) is 0 Å². The van der Waals surface area contributed by atoms with Gasteiger partial charge in [0.05, 0.1) is 30.4 Å². The number of hydrogen-bond acceptors (Lipinski definition) is 6. The molecule has 2 amide bonds. The van der Waals surface area contributed by atoms with E-state index < -0.39 is 5.97 Å². The van der Waals surface area contributed by atoms with E-state index in [1.54, 1.807) is 12.1 Å². The lowest BCUT2D eigenvalue weighted by Crippen LogP contribution is -2.53. The van der Waals surface area contributed by atoms with Crippen molar-refractivity contribution in [3.8, 4) is 11.3 Å². The largest absolute Gasteiger partial charge is 0.465 e. The Morgan fingerprint density at radius 2 is 1.85 bits per heavy atom. The molecule has 2 bridgehead atoms. The third-order valence-corrected chi connectivity index (χ3v) is 9.23. The predicted octanol–water partition coefficient (Wildman–Crippen LogP) is 6.35. The molecule has 3 aromatic rings. The summed E-state index contributed by atoms with van der Waals surface area (Å²) < 4.78 is 17.3. The van der Waals surface area contributed by atoms with Gasteiger partial charge in [-0.25, -0.2) is 9.59 Å². The number of carbonyl (C=O) groups is 2. The molecule has 2 saturated heterocycles. The molecule has 9 heteroatoms. The average Bonchev–Trinajstić information content (AvgIpc) is 3.49. The topological polar surface area (TPSA) is 85.1 Å². The molecule has 3 atom stereocenters. The Labute approximate surface area is 238 Å². The van der Waals surface area contributed by atoms with Crippen LogP contribution in [0.1, 0.15) is 71.7 Å². The Kier molecular flexibility index (Phi) is 6.55. The third kappa shape index (κ3) is 4.47. The molecule has 208 valence electrons. The highest BCUT2D eigenvalue weighted by Crippen LogP contribution is 2.46. The number of hydrogen-bond donors (Lipinski definition) is 0. The number of halogens is 1. The van der Waals surface area contributed by atoms with Gasteiger partial charge in [-0.3, -0.25) is 4.90 Å². The summed E-state index contributed by atoms with van der Waals surface area (Å²) in [6.07, 6.45) is 6.61. The van der Waals surface area contributed by atoms with Crippen LogP contribution in [-0.2, 0) is 22.5 Å². The molecule has 4 aliphatic rings. The van der Waals surface area contributed by atoms with Crippen LogP contribution in [0, 0.1) is 0 Å². The highest BCUT2D eigenvalue weighted by Gasteiger charge is 2.46. The Balaban J connectivity index is 1.06. The van der Waals surface area contributed by atoms with Gasteiger partial charge in [-0.1, -0.05) is 41.0 Å². The minimum Gasteiger partial charge on any atom is -0.465 e. The average molecular weight is 562 g/mol. The van der Waals surface area contributed by atoms with Gasteiger partial charge in [-0.15, -0.1) is 0 Å². The second-order valence-corrected chi connectivity index (χ2v) is 11.8. The molecule has 40 heavy (non-hydrogen) atoms. The number of methoxy groups -OCH3 is 1. The van der Waals surface area contributed by atoms with Gasteiger partial charge in [0.15, 0.2) is 0 Å². The van der Waals surface area contributed by atoms with Crippen LogP contribution in [0.15, 0.2) is 47.0 Å². The summed E-state index contributed by atoms with van der Waals surface area (Å²) in [4.78, 5) is 29.9. The van der Waals surface area contributed by atoms with Crippen molar-refractivity contribution in [1.29, 1.82) is 0 Å². The standard InChI is InChI=1S/C31H32ClN3O5/c1-38-30(36)20-9-6-18-12-13-34(27(18)14-20)31(37)35-21-10-11-22(35)16-23(15-21)39-17-25-28(24-4-2-3-5-26(24)32)33-40-29(25)19-7-8-19/h2-6,9,14,19,21-23H,7-8,10-13,15-17H2,1H3/t21-,22+,23?. The fraction of sp³-hybridized carbons (Fsp3) is 0.452. The number of anilines is 1. The number of piperidine rings is 1. The van der Waals surface area contributed by atoms with Crippen LogP contribution in [0.5, 0.6) is 0 Å². The van der Waals surface area contributed by atoms with E-state index in [4.69, 9.17) is 25.6 Å². The first-order chi connectivity index (χ1) is 19.5. The van der Waals surface area contributed by atoms with Crippen LogP contribution >= 0.6 is 11.6 Å². The molecule has 1 unspecified atom stereocenters. The second kappa shape index (κ2) is 10.2. The zero-order valence-corrected chi connectivity index (χ0v) is 23.2. The molecule has 3 aliphatic heterocycles. The highest BCUT2D eigenvalue weighted by atomic mass is 35.5. The predicted molar refractivity (Wildman–Crippen MR) is 150 cm³/mol. The third-order valence-electron chi connectivity index (χ3n) is 8.90. The van der Waals surface area contributed by atoms with Crippen LogP contribution in [0.2, 0.25) is 5.02 Å². The number of urea groups is 1. The van der Waals surface area contributed by atoms with E-state index in [9.17, 15) is 9.59 Å². The van der Waals surface area contributed by atoms with Crippen molar-refractivity contribution in [3.63, 3.8) is 0 Å². The Morgan fingerprint density at radius 3 is 2.58 bits per heavy atom. The van der Waals surface area contributed by atoms with Crippen molar-refractivity contribution in [1.82, 2.24) is 10.1 Å². The summed E-state index contributed by atoms with van der Waals surface area (Å²) in [5.74, 6) is 0.932. The fourth-order valence-electron chi connectivity index (χ4n) is 6.73. The van der Waals surface area contributed by atoms with Gasteiger partial charge < -0.3 is 18.9 Å². The lowest BCUT2D eigenvalue weighted by atomic mass is 9.99. The number of amides is 2. The number of rotatable bonds is 6. The zero-order chi connectivity index (χ0) is 27.4. The van der Waals surface area contributed by atoms with Gasteiger partial charge >= 0.3 is 12.0 Å². The van der Waals surface area contributed by atoms with Crippen LogP contribution < -0.4 is 4.90 Å². The molecule has 4 heterocycles. The van der Waals surface area contributed by atoms with E-state index in [2.05, 4.69) is 10.1 Å². The molecule has 0 spiro atoms. The minimum absolute atomic E-state index is 0.0303. The molecule has 2 aromatic carbocycles.